The highest BCUT2D eigenvalue weighted by Gasteiger charge is 2.31. The van der Waals surface area contributed by atoms with E-state index in [1.165, 1.54) is 0 Å². The van der Waals surface area contributed by atoms with Crippen LogP contribution < -0.4 is 11.1 Å². The minimum absolute atomic E-state index is 0.100. The van der Waals surface area contributed by atoms with Crippen LogP contribution in [0.2, 0.25) is 0 Å². The molecule has 0 radical (unpaired) electrons. The summed E-state index contributed by atoms with van der Waals surface area (Å²) in [7, 11) is 0. The summed E-state index contributed by atoms with van der Waals surface area (Å²) < 4.78 is 5.41. The number of nitrogens with one attached hydrogen (secondary N) is 1. The first-order valence-corrected chi connectivity index (χ1v) is 6.14. The van der Waals surface area contributed by atoms with Crippen LogP contribution in [-0.4, -0.2) is 29.1 Å². The number of carbonyl (C=O) groups excluding carboxylic acids is 1. The number of hydrogen-bond acceptors (Lipinski definition) is 3. The van der Waals surface area contributed by atoms with E-state index in [-0.39, 0.29) is 12.0 Å². The van der Waals surface area contributed by atoms with E-state index in [0.29, 0.717) is 18.0 Å². The predicted octanol–water partition coefficient (Wildman–Crippen LogP) is 1.13. The summed E-state index contributed by atoms with van der Waals surface area (Å²) >= 11 is 4.97. The maximum absolute atomic E-state index is 11.9. The molecule has 0 aromatic rings. The molecular weight excluding hydrogens is 224 g/mol. The van der Waals surface area contributed by atoms with Gasteiger partial charge in [-0.25, -0.2) is 0 Å². The molecule has 2 atom stereocenters. The molecule has 1 heterocycles. The van der Waals surface area contributed by atoms with E-state index >= 15 is 0 Å². The summed E-state index contributed by atoms with van der Waals surface area (Å²) in [5.41, 5.74) is 5.03. The minimum atomic E-state index is -0.604. The van der Waals surface area contributed by atoms with Gasteiger partial charge in [0.05, 0.1) is 10.5 Å². The van der Waals surface area contributed by atoms with Crippen molar-refractivity contribution >= 4 is 23.1 Å². The Morgan fingerprint density at radius 2 is 2.31 bits per heavy atom. The van der Waals surface area contributed by atoms with Crippen molar-refractivity contribution in [1.82, 2.24) is 5.32 Å². The predicted molar refractivity (Wildman–Crippen MR) is 67.2 cm³/mol. The molecule has 0 aliphatic carbocycles. The minimum Gasteiger partial charge on any atom is -0.391 e. The Hall–Kier alpha value is -0.680. The van der Waals surface area contributed by atoms with E-state index < -0.39 is 5.54 Å². The molecule has 0 aromatic carbocycles. The van der Waals surface area contributed by atoms with Crippen molar-refractivity contribution in [1.29, 1.82) is 0 Å². The van der Waals surface area contributed by atoms with Gasteiger partial charge in [0.2, 0.25) is 5.91 Å². The van der Waals surface area contributed by atoms with Gasteiger partial charge in [0, 0.05) is 6.61 Å². The first-order valence-electron chi connectivity index (χ1n) is 5.73. The van der Waals surface area contributed by atoms with Crippen LogP contribution in [0.5, 0.6) is 0 Å². The molecule has 3 N–H and O–H groups in total. The Morgan fingerprint density at radius 1 is 1.62 bits per heavy atom. The maximum atomic E-state index is 11.9. The van der Waals surface area contributed by atoms with Crippen molar-refractivity contribution in [2.24, 2.45) is 5.73 Å². The average Bonchev–Trinajstić information content (AvgIpc) is 2.29. The molecule has 1 fully saturated rings. The van der Waals surface area contributed by atoms with Crippen molar-refractivity contribution in [3.63, 3.8) is 0 Å². The third-order valence-corrected chi connectivity index (χ3v) is 3.57. The van der Waals surface area contributed by atoms with Gasteiger partial charge in [-0.15, -0.1) is 0 Å². The van der Waals surface area contributed by atoms with Gasteiger partial charge < -0.3 is 15.8 Å². The van der Waals surface area contributed by atoms with Crippen LogP contribution in [-0.2, 0) is 9.53 Å². The van der Waals surface area contributed by atoms with Crippen LogP contribution in [0.4, 0.5) is 0 Å². The molecule has 0 spiro atoms. The zero-order chi connectivity index (χ0) is 12.2. The van der Waals surface area contributed by atoms with Gasteiger partial charge in [-0.2, -0.15) is 0 Å². The monoisotopic (exact) mass is 244 g/mol. The molecule has 1 aliphatic rings. The summed E-state index contributed by atoms with van der Waals surface area (Å²) in [6.07, 6.45) is 3.19. The maximum Gasteiger partial charge on any atom is 0.249 e. The Morgan fingerprint density at radius 3 is 2.75 bits per heavy atom. The van der Waals surface area contributed by atoms with Crippen molar-refractivity contribution in [3.8, 4) is 0 Å². The van der Waals surface area contributed by atoms with E-state index in [1.54, 1.807) is 0 Å². The molecule has 92 valence electrons. The van der Waals surface area contributed by atoms with Gasteiger partial charge in [-0.1, -0.05) is 19.1 Å². The summed E-state index contributed by atoms with van der Waals surface area (Å²) in [4.78, 5) is 12.2. The fourth-order valence-corrected chi connectivity index (χ4v) is 1.82. The van der Waals surface area contributed by atoms with Crippen LogP contribution in [0.1, 0.15) is 39.5 Å². The van der Waals surface area contributed by atoms with Gasteiger partial charge in [0.25, 0.3) is 0 Å². The summed E-state index contributed by atoms with van der Waals surface area (Å²) in [5.74, 6) is -0.100. The second kappa shape index (κ2) is 5.59. The highest BCUT2D eigenvalue weighted by Crippen LogP contribution is 2.15. The molecule has 1 amide bonds. The van der Waals surface area contributed by atoms with E-state index in [0.717, 1.165) is 19.3 Å². The Balaban J connectivity index is 2.57. The number of ether oxygens (including phenoxy) is 1. The summed E-state index contributed by atoms with van der Waals surface area (Å²) in [6, 6.07) is 0. The molecule has 0 aromatic heterocycles. The van der Waals surface area contributed by atoms with Crippen molar-refractivity contribution in [3.05, 3.63) is 0 Å². The number of nitrogens with two attached hydrogens (primary N) is 1. The Kier molecular flexibility index (Phi) is 4.68. The first kappa shape index (κ1) is 13.4. The second-order valence-corrected chi connectivity index (χ2v) is 4.83. The third-order valence-electron chi connectivity index (χ3n) is 3.12. The second-order valence-electron chi connectivity index (χ2n) is 4.39. The summed E-state index contributed by atoms with van der Waals surface area (Å²) in [5, 5.41) is 2.88. The van der Waals surface area contributed by atoms with E-state index in [9.17, 15) is 4.79 Å². The SMILES string of the molecule is CCC(C)(NC(=O)C1CCCCO1)C(N)=S. The normalized spacial score (nSPS) is 24.5. The molecule has 5 heteroatoms. The quantitative estimate of drug-likeness (QED) is 0.728. The molecule has 1 rings (SSSR count). The van der Waals surface area contributed by atoms with E-state index in [2.05, 4.69) is 5.32 Å². The fraction of sp³-hybridized carbons (Fsp3) is 0.818. The highest BCUT2D eigenvalue weighted by molar-refractivity contribution is 7.80. The van der Waals surface area contributed by atoms with Crippen LogP contribution in [0, 0.1) is 0 Å². The smallest absolute Gasteiger partial charge is 0.249 e. The number of thiocarbonyl (C=S) groups is 1. The summed E-state index contributed by atoms with van der Waals surface area (Å²) in [6.45, 7) is 4.45. The van der Waals surface area contributed by atoms with Crippen LogP contribution in [0.3, 0.4) is 0 Å². The molecule has 0 saturated carbocycles. The molecule has 0 bridgehead atoms. The van der Waals surface area contributed by atoms with Gasteiger partial charge >= 0.3 is 0 Å². The number of carbonyl (C=O) groups is 1. The Bertz CT molecular complexity index is 277. The zero-order valence-electron chi connectivity index (χ0n) is 9.91. The van der Waals surface area contributed by atoms with Crippen molar-refractivity contribution in [2.45, 2.75) is 51.2 Å². The van der Waals surface area contributed by atoms with Crippen LogP contribution in [0.15, 0.2) is 0 Å². The van der Waals surface area contributed by atoms with Gasteiger partial charge in [-0.3, -0.25) is 4.79 Å². The largest absolute Gasteiger partial charge is 0.391 e. The van der Waals surface area contributed by atoms with Gasteiger partial charge in [-0.05, 0) is 32.6 Å². The van der Waals surface area contributed by atoms with E-state index in [4.69, 9.17) is 22.7 Å². The molecular formula is C11H20N2O2S. The third kappa shape index (κ3) is 3.15. The lowest BCUT2D eigenvalue weighted by Crippen LogP contribution is -2.57. The number of amides is 1. The Labute approximate surface area is 102 Å². The number of rotatable bonds is 4. The van der Waals surface area contributed by atoms with Crippen molar-refractivity contribution < 1.29 is 9.53 Å². The van der Waals surface area contributed by atoms with Crippen molar-refractivity contribution in [2.75, 3.05) is 6.61 Å². The van der Waals surface area contributed by atoms with Crippen LogP contribution in [0.25, 0.3) is 0 Å². The standard InChI is InChI=1S/C11H20N2O2S/c1-3-11(2,10(12)16)13-9(14)8-6-4-5-7-15-8/h8H,3-7H2,1-2H3,(H2,12,16)(H,13,14). The number of hydrogen-bond donors (Lipinski definition) is 2. The van der Waals surface area contributed by atoms with Gasteiger partial charge in [0.1, 0.15) is 6.10 Å². The van der Waals surface area contributed by atoms with Gasteiger partial charge in [0.15, 0.2) is 0 Å². The lowest BCUT2D eigenvalue weighted by atomic mass is 9.98. The topological polar surface area (TPSA) is 64.3 Å². The lowest BCUT2D eigenvalue weighted by Gasteiger charge is -2.31. The van der Waals surface area contributed by atoms with Crippen LogP contribution >= 0.6 is 12.2 Å². The molecule has 1 aliphatic heterocycles. The lowest BCUT2D eigenvalue weighted by molar-refractivity contribution is -0.136. The molecule has 4 nitrogen and oxygen atoms in total. The average molecular weight is 244 g/mol. The molecule has 2 unspecified atom stereocenters. The molecule has 16 heavy (non-hydrogen) atoms. The first-order chi connectivity index (χ1) is 7.49. The zero-order valence-corrected chi connectivity index (χ0v) is 10.7. The fourth-order valence-electron chi connectivity index (χ4n) is 1.62. The highest BCUT2D eigenvalue weighted by atomic mass is 32.1. The van der Waals surface area contributed by atoms with E-state index in [1.807, 2.05) is 13.8 Å². The molecule has 1 saturated heterocycles.